The molecule has 4 heteroatoms. The van der Waals surface area contributed by atoms with E-state index in [9.17, 15) is 9.90 Å². The normalized spacial score (nSPS) is 11.2. The third kappa shape index (κ3) is 2.93. The topological polar surface area (TPSA) is 42.2 Å². The minimum absolute atomic E-state index is 0.220. The maximum atomic E-state index is 12.0. The summed E-state index contributed by atoms with van der Waals surface area (Å²) in [5.74, 6) is -0.936. The maximum absolute atomic E-state index is 12.0. The van der Waals surface area contributed by atoms with Crippen molar-refractivity contribution in [2.75, 3.05) is 0 Å². The summed E-state index contributed by atoms with van der Waals surface area (Å²) in [7, 11) is 0. The molecule has 0 bridgehead atoms. The molecule has 26 heavy (non-hydrogen) atoms. The summed E-state index contributed by atoms with van der Waals surface area (Å²) >= 11 is 3.47. The van der Waals surface area contributed by atoms with Gasteiger partial charge in [0.15, 0.2) is 0 Å². The summed E-state index contributed by atoms with van der Waals surface area (Å²) in [5.41, 5.74) is 3.25. The van der Waals surface area contributed by atoms with Gasteiger partial charge < -0.3 is 9.67 Å². The molecule has 0 atom stereocenters. The molecule has 0 amide bonds. The molecule has 0 saturated carbocycles. The molecule has 4 aromatic rings. The molecule has 0 aliphatic heterocycles. The Labute approximate surface area is 159 Å². The molecule has 0 spiro atoms. The molecule has 0 unspecified atom stereocenters. The van der Waals surface area contributed by atoms with Gasteiger partial charge in [0, 0.05) is 15.4 Å². The third-order valence-electron chi connectivity index (χ3n) is 4.51. The monoisotopic (exact) mass is 405 g/mol. The first-order valence-corrected chi connectivity index (χ1v) is 9.08. The lowest BCUT2D eigenvalue weighted by Gasteiger charge is -2.23. The molecular weight excluding hydrogens is 390 g/mol. The third-order valence-corrected chi connectivity index (χ3v) is 5.00. The number of aromatic nitrogens is 1. The van der Waals surface area contributed by atoms with E-state index in [1.807, 2.05) is 83.4 Å². The average molecular weight is 406 g/mol. The Balaban J connectivity index is 2.05. The van der Waals surface area contributed by atoms with Gasteiger partial charge in [-0.05, 0) is 35.4 Å². The molecule has 3 nitrogen and oxygen atoms in total. The van der Waals surface area contributed by atoms with Gasteiger partial charge in [0.1, 0.15) is 5.69 Å². The second-order valence-corrected chi connectivity index (χ2v) is 7.05. The van der Waals surface area contributed by atoms with Crippen molar-refractivity contribution in [3.63, 3.8) is 0 Å². The Morgan fingerprint density at radius 3 is 1.96 bits per heavy atom. The highest BCUT2D eigenvalue weighted by Crippen LogP contribution is 2.34. The molecule has 0 fully saturated rings. The SMILES string of the molecule is O=C(O)c1cc2cc(Br)ccc2n1C(c1ccccc1)c1ccccc1. The Hall–Kier alpha value is -2.85. The molecule has 0 aliphatic rings. The zero-order valence-electron chi connectivity index (χ0n) is 13.8. The minimum Gasteiger partial charge on any atom is -0.477 e. The van der Waals surface area contributed by atoms with Crippen LogP contribution in [0.5, 0.6) is 0 Å². The lowest BCUT2D eigenvalue weighted by molar-refractivity contribution is 0.0685. The number of aromatic carboxylic acids is 1. The van der Waals surface area contributed by atoms with Crippen molar-refractivity contribution in [2.24, 2.45) is 0 Å². The van der Waals surface area contributed by atoms with Crippen molar-refractivity contribution in [2.45, 2.75) is 6.04 Å². The highest BCUT2D eigenvalue weighted by molar-refractivity contribution is 9.10. The fourth-order valence-corrected chi connectivity index (χ4v) is 3.79. The van der Waals surface area contributed by atoms with Gasteiger partial charge in [-0.2, -0.15) is 0 Å². The first kappa shape index (κ1) is 16.6. The van der Waals surface area contributed by atoms with E-state index >= 15 is 0 Å². The minimum atomic E-state index is -0.936. The molecule has 1 aromatic heterocycles. The Bertz CT molecular complexity index is 1030. The van der Waals surface area contributed by atoms with E-state index in [0.29, 0.717) is 0 Å². The number of rotatable bonds is 4. The zero-order valence-corrected chi connectivity index (χ0v) is 15.4. The molecule has 128 valence electrons. The Morgan fingerprint density at radius 2 is 1.42 bits per heavy atom. The van der Waals surface area contributed by atoms with Crippen LogP contribution < -0.4 is 0 Å². The van der Waals surface area contributed by atoms with Crippen LogP contribution in [0.15, 0.2) is 89.4 Å². The zero-order chi connectivity index (χ0) is 18.1. The number of carboxylic acids is 1. The fraction of sp³-hybridized carbons (Fsp3) is 0.0455. The van der Waals surface area contributed by atoms with Crippen LogP contribution in [-0.2, 0) is 0 Å². The fourth-order valence-electron chi connectivity index (χ4n) is 3.41. The van der Waals surface area contributed by atoms with E-state index in [4.69, 9.17) is 0 Å². The largest absolute Gasteiger partial charge is 0.477 e. The Kier molecular flexibility index (Phi) is 4.35. The van der Waals surface area contributed by atoms with Crippen LogP contribution in [0.25, 0.3) is 10.9 Å². The van der Waals surface area contributed by atoms with Crippen molar-refractivity contribution >= 4 is 32.8 Å². The van der Waals surface area contributed by atoms with Crippen LogP contribution in [0.1, 0.15) is 27.7 Å². The maximum Gasteiger partial charge on any atom is 0.352 e. The number of fused-ring (bicyclic) bond motifs is 1. The van der Waals surface area contributed by atoms with Crippen LogP contribution in [0, 0.1) is 0 Å². The van der Waals surface area contributed by atoms with Gasteiger partial charge in [-0.3, -0.25) is 0 Å². The summed E-state index contributed by atoms with van der Waals surface area (Å²) < 4.78 is 2.84. The molecule has 4 rings (SSSR count). The lowest BCUT2D eigenvalue weighted by Crippen LogP contribution is -2.17. The standard InChI is InChI=1S/C22H16BrNO2/c23-18-11-12-19-17(13-18)14-20(22(25)26)24(19)21(15-7-3-1-4-8-15)16-9-5-2-6-10-16/h1-14,21H,(H,25,26). The van der Waals surface area contributed by atoms with Gasteiger partial charge in [0.25, 0.3) is 0 Å². The van der Waals surface area contributed by atoms with E-state index in [2.05, 4.69) is 15.9 Å². The second-order valence-electron chi connectivity index (χ2n) is 6.13. The molecule has 1 heterocycles. The van der Waals surface area contributed by atoms with Gasteiger partial charge in [0.2, 0.25) is 0 Å². The van der Waals surface area contributed by atoms with Gasteiger partial charge in [-0.1, -0.05) is 76.6 Å². The van der Waals surface area contributed by atoms with E-state index < -0.39 is 5.97 Å². The number of carbonyl (C=O) groups is 1. The van der Waals surface area contributed by atoms with Crippen LogP contribution >= 0.6 is 15.9 Å². The highest BCUT2D eigenvalue weighted by Gasteiger charge is 2.24. The Morgan fingerprint density at radius 1 is 0.846 bits per heavy atom. The van der Waals surface area contributed by atoms with Gasteiger partial charge in [0.05, 0.1) is 6.04 Å². The summed E-state index contributed by atoms with van der Waals surface area (Å²) in [5, 5.41) is 10.7. The molecule has 1 N–H and O–H groups in total. The van der Waals surface area contributed by atoms with Gasteiger partial charge in [-0.15, -0.1) is 0 Å². The average Bonchev–Trinajstić information content (AvgIpc) is 3.02. The first-order valence-electron chi connectivity index (χ1n) is 8.29. The number of benzene rings is 3. The van der Waals surface area contributed by atoms with Gasteiger partial charge >= 0.3 is 5.97 Å². The van der Waals surface area contributed by atoms with E-state index in [-0.39, 0.29) is 11.7 Å². The van der Waals surface area contributed by atoms with Crippen molar-refractivity contribution in [3.8, 4) is 0 Å². The summed E-state index contributed by atoms with van der Waals surface area (Å²) in [6.45, 7) is 0. The van der Waals surface area contributed by atoms with Crippen LogP contribution in [-0.4, -0.2) is 15.6 Å². The summed E-state index contributed by atoms with van der Waals surface area (Å²) in [6.07, 6.45) is 0. The van der Waals surface area contributed by atoms with Crippen molar-refractivity contribution in [1.82, 2.24) is 4.57 Å². The molecular formula is C22H16BrNO2. The van der Waals surface area contributed by atoms with E-state index in [0.717, 1.165) is 26.5 Å². The van der Waals surface area contributed by atoms with Crippen LogP contribution in [0.3, 0.4) is 0 Å². The number of hydrogen-bond donors (Lipinski definition) is 1. The van der Waals surface area contributed by atoms with Crippen molar-refractivity contribution < 1.29 is 9.90 Å². The molecule has 0 aliphatic carbocycles. The van der Waals surface area contributed by atoms with Crippen molar-refractivity contribution in [3.05, 3.63) is 106 Å². The molecule has 0 radical (unpaired) electrons. The summed E-state index contributed by atoms with van der Waals surface area (Å²) in [4.78, 5) is 12.0. The van der Waals surface area contributed by atoms with E-state index in [1.165, 1.54) is 0 Å². The number of nitrogens with zero attached hydrogens (tertiary/aromatic N) is 1. The van der Waals surface area contributed by atoms with Crippen LogP contribution in [0.2, 0.25) is 0 Å². The predicted octanol–water partition coefficient (Wildman–Crippen LogP) is 5.74. The summed E-state index contributed by atoms with van der Waals surface area (Å²) in [6, 6.07) is 27.4. The first-order chi connectivity index (χ1) is 12.6. The highest BCUT2D eigenvalue weighted by atomic mass is 79.9. The van der Waals surface area contributed by atoms with Gasteiger partial charge in [-0.25, -0.2) is 4.79 Å². The lowest BCUT2D eigenvalue weighted by atomic mass is 9.98. The van der Waals surface area contributed by atoms with E-state index in [1.54, 1.807) is 6.07 Å². The smallest absolute Gasteiger partial charge is 0.352 e. The van der Waals surface area contributed by atoms with Crippen molar-refractivity contribution in [1.29, 1.82) is 0 Å². The molecule has 0 saturated heterocycles. The number of hydrogen-bond acceptors (Lipinski definition) is 1. The quantitative estimate of drug-likeness (QED) is 0.470. The van der Waals surface area contributed by atoms with Crippen LogP contribution in [0.4, 0.5) is 0 Å². The predicted molar refractivity (Wildman–Crippen MR) is 107 cm³/mol. The number of halogens is 1. The number of carboxylic acid groups (broad SMARTS) is 1. The second kappa shape index (κ2) is 6.81. The molecule has 3 aromatic carbocycles.